The third kappa shape index (κ3) is 5.45. The number of carbonyl (C=O) groups excluding carboxylic acids is 1. The van der Waals surface area contributed by atoms with E-state index in [-0.39, 0.29) is 11.5 Å². The van der Waals surface area contributed by atoms with Crippen molar-refractivity contribution in [3.05, 3.63) is 101 Å². The van der Waals surface area contributed by atoms with Gasteiger partial charge < -0.3 is 15.7 Å². The zero-order chi connectivity index (χ0) is 20.6. The molecule has 0 aliphatic carbocycles. The third-order valence-corrected chi connectivity index (χ3v) is 4.72. The zero-order valence-corrected chi connectivity index (χ0v) is 16.3. The molecule has 148 valence electrons. The molecule has 3 aromatic carbocycles. The maximum atomic E-state index is 12.5. The number of hydrogen-bond donors (Lipinski definition) is 3. The van der Waals surface area contributed by atoms with Gasteiger partial charge in [-0.15, -0.1) is 0 Å². The highest BCUT2D eigenvalue weighted by atomic mass is 16.4. The number of amides is 1. The number of carboxylic acid groups (broad SMARTS) is 1. The van der Waals surface area contributed by atoms with Crippen molar-refractivity contribution in [2.75, 3.05) is 5.32 Å². The molecule has 0 aliphatic heterocycles. The average Bonchev–Trinajstić information content (AvgIpc) is 2.76. The Kier molecular flexibility index (Phi) is 6.63. The van der Waals surface area contributed by atoms with Crippen LogP contribution in [0, 0.1) is 0 Å². The van der Waals surface area contributed by atoms with Gasteiger partial charge in [0.1, 0.15) is 0 Å². The first-order valence-corrected chi connectivity index (χ1v) is 9.58. The van der Waals surface area contributed by atoms with E-state index in [9.17, 15) is 9.59 Å². The number of rotatable bonds is 8. The van der Waals surface area contributed by atoms with Gasteiger partial charge in [0.2, 0.25) is 0 Å². The lowest BCUT2D eigenvalue weighted by Crippen LogP contribution is -2.23. The summed E-state index contributed by atoms with van der Waals surface area (Å²) < 4.78 is 0. The number of carboxylic acids is 1. The molecular weight excluding hydrogens is 364 g/mol. The summed E-state index contributed by atoms with van der Waals surface area (Å²) in [7, 11) is 0. The summed E-state index contributed by atoms with van der Waals surface area (Å²) in [6.45, 7) is 3.10. The molecule has 5 nitrogen and oxygen atoms in total. The predicted octanol–water partition coefficient (Wildman–Crippen LogP) is 4.49. The Morgan fingerprint density at radius 1 is 0.828 bits per heavy atom. The molecule has 3 rings (SSSR count). The van der Waals surface area contributed by atoms with Crippen LogP contribution in [0.3, 0.4) is 0 Å². The molecule has 29 heavy (non-hydrogen) atoms. The van der Waals surface area contributed by atoms with E-state index < -0.39 is 5.97 Å². The lowest BCUT2D eigenvalue weighted by molar-refractivity contribution is 0.0696. The fourth-order valence-corrected chi connectivity index (χ4v) is 3.07. The van der Waals surface area contributed by atoms with Crippen LogP contribution in [0.15, 0.2) is 72.8 Å². The van der Waals surface area contributed by atoms with Gasteiger partial charge in [-0.1, -0.05) is 49.4 Å². The van der Waals surface area contributed by atoms with Gasteiger partial charge in [-0.25, -0.2) is 4.79 Å². The van der Waals surface area contributed by atoms with Crippen LogP contribution in [0.4, 0.5) is 5.69 Å². The molecule has 3 N–H and O–H groups in total. The van der Waals surface area contributed by atoms with Crippen LogP contribution in [0.2, 0.25) is 0 Å². The monoisotopic (exact) mass is 388 g/mol. The van der Waals surface area contributed by atoms with Crippen LogP contribution in [-0.2, 0) is 19.5 Å². The topological polar surface area (TPSA) is 78.4 Å². The fraction of sp³-hybridized carbons (Fsp3) is 0.167. The van der Waals surface area contributed by atoms with Gasteiger partial charge in [0.05, 0.1) is 5.56 Å². The van der Waals surface area contributed by atoms with Crippen molar-refractivity contribution in [1.82, 2.24) is 5.32 Å². The van der Waals surface area contributed by atoms with Crippen LogP contribution >= 0.6 is 0 Å². The first-order chi connectivity index (χ1) is 14.1. The second-order valence-corrected chi connectivity index (χ2v) is 6.75. The van der Waals surface area contributed by atoms with Gasteiger partial charge in [-0.3, -0.25) is 4.79 Å². The molecular formula is C24H24N2O3. The number of hydrogen-bond acceptors (Lipinski definition) is 3. The molecule has 0 saturated carbocycles. The predicted molar refractivity (Wildman–Crippen MR) is 114 cm³/mol. The molecule has 0 heterocycles. The maximum absolute atomic E-state index is 12.5. The van der Waals surface area contributed by atoms with E-state index >= 15 is 0 Å². The number of aryl methyl sites for hydroxylation is 1. The molecule has 0 atom stereocenters. The highest BCUT2D eigenvalue weighted by Crippen LogP contribution is 2.17. The smallest absolute Gasteiger partial charge is 0.335 e. The summed E-state index contributed by atoms with van der Waals surface area (Å²) in [5.41, 5.74) is 5.05. The minimum Gasteiger partial charge on any atom is -0.478 e. The summed E-state index contributed by atoms with van der Waals surface area (Å²) in [5, 5.41) is 15.3. The van der Waals surface area contributed by atoms with E-state index in [1.807, 2.05) is 30.3 Å². The number of carbonyl (C=O) groups is 2. The second kappa shape index (κ2) is 9.55. The summed E-state index contributed by atoms with van der Waals surface area (Å²) in [4.78, 5) is 23.4. The molecule has 1 amide bonds. The van der Waals surface area contributed by atoms with Gasteiger partial charge in [0.25, 0.3) is 5.91 Å². The van der Waals surface area contributed by atoms with Crippen molar-refractivity contribution in [2.24, 2.45) is 0 Å². The first kappa shape index (κ1) is 20.1. The van der Waals surface area contributed by atoms with E-state index in [1.54, 1.807) is 18.2 Å². The molecule has 0 fully saturated rings. The summed E-state index contributed by atoms with van der Waals surface area (Å²) in [6, 6.07) is 22.2. The number of nitrogens with one attached hydrogen (secondary N) is 2. The lowest BCUT2D eigenvalue weighted by atomic mass is 10.1. The molecule has 0 aromatic heterocycles. The molecule has 5 heteroatoms. The highest BCUT2D eigenvalue weighted by molar-refractivity contribution is 5.94. The number of anilines is 1. The largest absolute Gasteiger partial charge is 0.478 e. The molecule has 3 aromatic rings. The number of aromatic carboxylic acids is 1. The lowest BCUT2D eigenvalue weighted by Gasteiger charge is -2.12. The molecule has 0 bridgehead atoms. The summed E-state index contributed by atoms with van der Waals surface area (Å²) in [5.74, 6) is -1.13. The van der Waals surface area contributed by atoms with Crippen molar-refractivity contribution in [2.45, 2.75) is 26.4 Å². The third-order valence-electron chi connectivity index (χ3n) is 4.72. The number of para-hydroxylation sites is 1. The van der Waals surface area contributed by atoms with Gasteiger partial charge >= 0.3 is 5.97 Å². The van der Waals surface area contributed by atoms with Crippen LogP contribution in [0.5, 0.6) is 0 Å². The van der Waals surface area contributed by atoms with Crippen LogP contribution in [0.1, 0.15) is 44.3 Å². The van der Waals surface area contributed by atoms with Crippen LogP contribution < -0.4 is 10.6 Å². The Morgan fingerprint density at radius 3 is 2.31 bits per heavy atom. The quantitative estimate of drug-likeness (QED) is 0.531. The Bertz CT molecular complexity index is 997. The average molecular weight is 388 g/mol. The van der Waals surface area contributed by atoms with Crippen molar-refractivity contribution < 1.29 is 14.7 Å². The van der Waals surface area contributed by atoms with Crippen molar-refractivity contribution in [1.29, 1.82) is 0 Å². The molecule has 0 radical (unpaired) electrons. The van der Waals surface area contributed by atoms with Crippen LogP contribution in [-0.4, -0.2) is 17.0 Å². The Labute approximate surface area is 170 Å². The molecule has 0 aliphatic rings. The molecule has 0 saturated heterocycles. The van der Waals surface area contributed by atoms with Crippen molar-refractivity contribution in [3.8, 4) is 0 Å². The fourth-order valence-electron chi connectivity index (χ4n) is 3.07. The minimum atomic E-state index is -0.965. The standard InChI is InChI=1S/C24H24N2O3/c1-2-19-7-3-4-9-22(19)25-16-18-6-5-8-21(14-18)23(27)26-15-17-10-12-20(13-11-17)24(28)29/h3-14,25H,2,15-16H2,1H3,(H,26,27)(H,28,29). The van der Waals surface area contributed by atoms with Gasteiger partial charge in [-0.05, 0) is 53.4 Å². The second-order valence-electron chi connectivity index (χ2n) is 6.75. The minimum absolute atomic E-state index is 0.164. The first-order valence-electron chi connectivity index (χ1n) is 9.58. The summed E-state index contributed by atoms with van der Waals surface area (Å²) in [6.07, 6.45) is 0.957. The van der Waals surface area contributed by atoms with Gasteiger partial charge in [-0.2, -0.15) is 0 Å². The van der Waals surface area contributed by atoms with Gasteiger partial charge in [0, 0.05) is 24.3 Å². The highest BCUT2D eigenvalue weighted by Gasteiger charge is 2.08. The SMILES string of the molecule is CCc1ccccc1NCc1cccc(C(=O)NCc2ccc(C(=O)O)cc2)c1. The number of benzene rings is 3. The Balaban J connectivity index is 1.59. The normalized spacial score (nSPS) is 10.4. The van der Waals surface area contributed by atoms with Gasteiger partial charge in [0.15, 0.2) is 0 Å². The molecule has 0 spiro atoms. The maximum Gasteiger partial charge on any atom is 0.335 e. The zero-order valence-electron chi connectivity index (χ0n) is 16.3. The van der Waals surface area contributed by atoms with E-state index in [0.717, 1.165) is 23.2 Å². The van der Waals surface area contributed by atoms with E-state index in [2.05, 4.69) is 29.7 Å². The van der Waals surface area contributed by atoms with Crippen molar-refractivity contribution >= 4 is 17.6 Å². The Hall–Kier alpha value is -3.60. The Morgan fingerprint density at radius 2 is 1.59 bits per heavy atom. The van der Waals surface area contributed by atoms with E-state index in [0.29, 0.717) is 18.7 Å². The summed E-state index contributed by atoms with van der Waals surface area (Å²) >= 11 is 0. The van der Waals surface area contributed by atoms with E-state index in [4.69, 9.17) is 5.11 Å². The molecule has 0 unspecified atom stereocenters. The van der Waals surface area contributed by atoms with Crippen molar-refractivity contribution in [3.63, 3.8) is 0 Å². The van der Waals surface area contributed by atoms with E-state index in [1.165, 1.54) is 17.7 Å². The van der Waals surface area contributed by atoms with Crippen LogP contribution in [0.25, 0.3) is 0 Å².